The molecular weight excluding hydrogens is 332 g/mol. The molecule has 3 aromatic rings. The van der Waals surface area contributed by atoms with Gasteiger partial charge in [-0.05, 0) is 48.5 Å². The minimum absolute atomic E-state index is 0.458. The zero-order valence-corrected chi connectivity index (χ0v) is 15.1. The molecule has 2 aromatic heterocycles. The second-order valence-corrected chi connectivity index (χ2v) is 7.00. The Morgan fingerprint density at radius 2 is 1.96 bits per heavy atom. The third-order valence-electron chi connectivity index (χ3n) is 4.59. The van der Waals surface area contributed by atoms with Crippen molar-refractivity contribution in [3.05, 3.63) is 51.4 Å². The van der Waals surface area contributed by atoms with Crippen molar-refractivity contribution in [2.24, 2.45) is 5.10 Å². The molecule has 25 heavy (non-hydrogen) atoms. The highest BCUT2D eigenvalue weighted by Gasteiger charge is 2.23. The molecular formula is C18H20N6S. The van der Waals surface area contributed by atoms with Crippen molar-refractivity contribution < 1.29 is 0 Å². The fourth-order valence-electron chi connectivity index (χ4n) is 3.15. The smallest absolute Gasteiger partial charge is 0.216 e. The normalized spacial score (nSPS) is 13.9. The Kier molecular flexibility index (Phi) is 4.09. The van der Waals surface area contributed by atoms with Crippen LogP contribution in [0, 0.1) is 4.77 Å². The van der Waals surface area contributed by atoms with Crippen LogP contribution in [0.15, 0.2) is 29.4 Å². The molecule has 0 atom stereocenters. The van der Waals surface area contributed by atoms with Crippen LogP contribution in [-0.4, -0.2) is 31.3 Å². The summed E-state index contributed by atoms with van der Waals surface area (Å²) < 4.78 is 2.10. The topological polar surface area (TPSA) is 74.7 Å². The van der Waals surface area contributed by atoms with Gasteiger partial charge in [-0.25, -0.2) is 5.10 Å². The lowest BCUT2D eigenvalue weighted by Crippen LogP contribution is -1.97. The minimum atomic E-state index is 0.458. The molecule has 2 heterocycles. The van der Waals surface area contributed by atoms with Crippen molar-refractivity contribution in [2.75, 3.05) is 0 Å². The summed E-state index contributed by atoms with van der Waals surface area (Å²) in [7, 11) is 0. The molecule has 0 saturated carbocycles. The molecule has 128 valence electrons. The lowest BCUT2D eigenvalue weighted by molar-refractivity contribution is 0.843. The molecule has 6 nitrogen and oxygen atoms in total. The first-order valence-corrected chi connectivity index (χ1v) is 8.92. The van der Waals surface area contributed by atoms with E-state index in [1.807, 2.05) is 0 Å². The van der Waals surface area contributed by atoms with Gasteiger partial charge in [0.2, 0.25) is 10.6 Å². The number of aryl methyl sites for hydroxylation is 1. The molecule has 0 aliphatic heterocycles. The van der Waals surface area contributed by atoms with Gasteiger partial charge in [0.05, 0.1) is 6.21 Å². The van der Waals surface area contributed by atoms with E-state index in [9.17, 15) is 0 Å². The Bertz CT molecular complexity index is 974. The molecule has 7 heteroatoms. The van der Waals surface area contributed by atoms with E-state index in [0.717, 1.165) is 30.5 Å². The fourth-order valence-corrected chi connectivity index (χ4v) is 3.33. The maximum Gasteiger partial charge on any atom is 0.216 e. The summed E-state index contributed by atoms with van der Waals surface area (Å²) in [6, 6.07) is 8.38. The Morgan fingerprint density at radius 1 is 1.16 bits per heavy atom. The van der Waals surface area contributed by atoms with Crippen molar-refractivity contribution in [1.29, 1.82) is 0 Å². The van der Waals surface area contributed by atoms with E-state index in [-0.39, 0.29) is 0 Å². The van der Waals surface area contributed by atoms with E-state index in [4.69, 9.17) is 12.2 Å². The van der Waals surface area contributed by atoms with Crippen molar-refractivity contribution in [2.45, 2.75) is 39.0 Å². The summed E-state index contributed by atoms with van der Waals surface area (Å²) in [6.07, 6.45) is 5.00. The summed E-state index contributed by atoms with van der Waals surface area (Å²) in [5.41, 5.74) is 5.60. The first-order chi connectivity index (χ1) is 12.1. The first-order valence-electron chi connectivity index (χ1n) is 8.51. The van der Waals surface area contributed by atoms with Crippen LogP contribution in [0.5, 0.6) is 0 Å². The van der Waals surface area contributed by atoms with Crippen LogP contribution in [0.25, 0.3) is 11.5 Å². The summed E-state index contributed by atoms with van der Waals surface area (Å²) >= 11 is 5.34. The molecule has 0 unspecified atom stereocenters. The molecule has 1 aliphatic rings. The number of benzene rings is 1. The molecule has 0 fully saturated rings. The van der Waals surface area contributed by atoms with Gasteiger partial charge in [-0.1, -0.05) is 38.1 Å². The quantitative estimate of drug-likeness (QED) is 0.553. The molecule has 0 spiro atoms. The van der Waals surface area contributed by atoms with Gasteiger partial charge < -0.3 is 0 Å². The number of nitrogens with one attached hydrogen (secondary N) is 2. The predicted octanol–water partition coefficient (Wildman–Crippen LogP) is 3.83. The lowest BCUT2D eigenvalue weighted by Gasteiger charge is -2.04. The van der Waals surface area contributed by atoms with Gasteiger partial charge in [-0.3, -0.25) is 5.10 Å². The maximum atomic E-state index is 5.34. The zero-order chi connectivity index (χ0) is 17.4. The molecule has 1 aliphatic carbocycles. The van der Waals surface area contributed by atoms with Crippen LogP contribution in [0.4, 0.5) is 0 Å². The van der Waals surface area contributed by atoms with Crippen LogP contribution >= 0.6 is 12.2 Å². The number of hydrogen-bond acceptors (Lipinski definition) is 4. The average Bonchev–Trinajstić information content (AvgIpc) is 3.29. The van der Waals surface area contributed by atoms with E-state index >= 15 is 0 Å². The van der Waals surface area contributed by atoms with Gasteiger partial charge in [0.25, 0.3) is 0 Å². The minimum Gasteiger partial charge on any atom is -0.282 e. The molecule has 0 saturated heterocycles. The van der Waals surface area contributed by atoms with E-state index < -0.39 is 0 Å². The second-order valence-electron chi connectivity index (χ2n) is 6.61. The van der Waals surface area contributed by atoms with Gasteiger partial charge in [0.1, 0.15) is 5.69 Å². The van der Waals surface area contributed by atoms with Crippen LogP contribution in [0.2, 0.25) is 0 Å². The van der Waals surface area contributed by atoms with Crippen molar-refractivity contribution in [3.8, 4) is 11.5 Å². The Balaban J connectivity index is 1.67. The van der Waals surface area contributed by atoms with Gasteiger partial charge in [0.15, 0.2) is 0 Å². The molecule has 1 aromatic carbocycles. The number of fused-ring (bicyclic) bond motifs is 1. The monoisotopic (exact) mass is 352 g/mol. The lowest BCUT2D eigenvalue weighted by atomic mass is 10.0. The van der Waals surface area contributed by atoms with Crippen LogP contribution in [0.1, 0.15) is 48.6 Å². The number of hydrogen-bond donors (Lipinski definition) is 2. The highest BCUT2D eigenvalue weighted by atomic mass is 32.1. The summed E-state index contributed by atoms with van der Waals surface area (Å²) in [6.45, 7) is 4.37. The van der Waals surface area contributed by atoms with Crippen molar-refractivity contribution in [1.82, 2.24) is 25.1 Å². The maximum absolute atomic E-state index is 5.34. The van der Waals surface area contributed by atoms with E-state index in [2.05, 4.69) is 63.6 Å². The number of H-pyrrole nitrogens is 2. The number of nitrogens with zero attached hydrogens (tertiary/aromatic N) is 4. The fraction of sp³-hybridized carbons (Fsp3) is 0.333. The largest absolute Gasteiger partial charge is 0.282 e. The van der Waals surface area contributed by atoms with E-state index in [1.54, 1.807) is 10.9 Å². The molecule has 0 bridgehead atoms. The van der Waals surface area contributed by atoms with E-state index in [0.29, 0.717) is 16.5 Å². The average molecular weight is 352 g/mol. The van der Waals surface area contributed by atoms with Crippen molar-refractivity contribution in [3.63, 3.8) is 0 Å². The number of aromatic amines is 2. The van der Waals surface area contributed by atoms with Gasteiger partial charge in [-0.2, -0.15) is 20.0 Å². The van der Waals surface area contributed by atoms with Gasteiger partial charge in [0, 0.05) is 11.3 Å². The number of rotatable bonds is 4. The molecule has 0 amide bonds. The van der Waals surface area contributed by atoms with Crippen LogP contribution < -0.4 is 0 Å². The standard InChI is InChI=1S/C18H20N6S/c1-11(2)13-8-6-12(7-9-13)10-19-24-17(22-23-18(24)25)16-14-4-3-5-15(14)20-21-16/h6-11H,3-5H2,1-2H3,(H,20,21)(H,23,25). The first kappa shape index (κ1) is 16.0. The second kappa shape index (κ2) is 6.40. The predicted molar refractivity (Wildman–Crippen MR) is 101 cm³/mol. The molecule has 2 N–H and O–H groups in total. The third kappa shape index (κ3) is 2.95. The summed E-state index contributed by atoms with van der Waals surface area (Å²) in [4.78, 5) is 0. The molecule has 0 radical (unpaired) electrons. The summed E-state index contributed by atoms with van der Waals surface area (Å²) in [5, 5.41) is 19.2. The zero-order valence-electron chi connectivity index (χ0n) is 14.3. The van der Waals surface area contributed by atoms with Gasteiger partial charge in [-0.15, -0.1) is 0 Å². The highest BCUT2D eigenvalue weighted by Crippen LogP contribution is 2.29. The van der Waals surface area contributed by atoms with Crippen LogP contribution in [-0.2, 0) is 12.8 Å². The SMILES string of the molecule is CC(C)c1ccc(C=Nn2c(-c3n[nH]c4c3CCC4)n[nH]c2=S)cc1. The van der Waals surface area contributed by atoms with Crippen molar-refractivity contribution >= 4 is 18.4 Å². The number of aromatic nitrogens is 5. The highest BCUT2D eigenvalue weighted by molar-refractivity contribution is 7.71. The Hall–Kier alpha value is -2.54. The summed E-state index contributed by atoms with van der Waals surface area (Å²) in [5.74, 6) is 1.17. The van der Waals surface area contributed by atoms with Gasteiger partial charge >= 0.3 is 0 Å². The molecule has 4 rings (SSSR count). The van der Waals surface area contributed by atoms with E-state index in [1.165, 1.54) is 16.8 Å². The van der Waals surface area contributed by atoms with Crippen LogP contribution in [0.3, 0.4) is 0 Å². The Morgan fingerprint density at radius 3 is 2.72 bits per heavy atom. The third-order valence-corrected chi connectivity index (χ3v) is 4.86. The Labute approximate surface area is 151 Å².